The molecule has 1 atom stereocenters. The first-order chi connectivity index (χ1) is 2.27. The van der Waals surface area contributed by atoms with Crippen LogP contribution in [0.15, 0.2) is 0 Å². The van der Waals surface area contributed by atoms with Gasteiger partial charge in [0.15, 0.2) is 0 Å². The van der Waals surface area contributed by atoms with Crippen molar-refractivity contribution >= 4 is 0 Å². The van der Waals surface area contributed by atoms with Crippen molar-refractivity contribution in [2.45, 2.75) is 13.0 Å². The monoisotopic (exact) mass is 82.1 g/mol. The van der Waals surface area contributed by atoms with Gasteiger partial charge in [0.2, 0.25) is 0 Å². The molecule has 0 aliphatic carbocycles. The predicted octanol–water partition coefficient (Wildman–Crippen LogP) is -4.27. The third kappa shape index (κ3) is 8.82. The molecule has 3 heteroatoms. The minimum Gasteiger partial charge on any atom is -0.853 e. The summed E-state index contributed by atoms with van der Waals surface area (Å²) in [7, 11) is 0. The van der Waals surface area contributed by atoms with E-state index in [0.29, 0.717) is 0 Å². The van der Waals surface area contributed by atoms with Gasteiger partial charge in [0.05, 0.1) is 0 Å². The third-order valence-electron chi connectivity index (χ3n) is 0.241. The average Bonchev–Trinajstić information content (AvgIpc) is 1.38. The van der Waals surface area contributed by atoms with Crippen LogP contribution in [0.25, 0.3) is 0 Å². The molecule has 0 rings (SSSR count). The molecule has 0 bridgehead atoms. The van der Waals surface area contributed by atoms with Gasteiger partial charge < -0.3 is 10.2 Å². The molecule has 2 nitrogen and oxygen atoms in total. The Morgan fingerprint density at radius 3 is 2.00 bits per heavy atom. The maximum atomic E-state index is 9.38. The van der Waals surface area contributed by atoms with Crippen molar-refractivity contribution in [3.05, 3.63) is 0 Å². The Labute approximate surface area is 49.4 Å². The van der Waals surface area contributed by atoms with Gasteiger partial charge in [-0.2, -0.15) is 0 Å². The molecular formula is C3H7LiO2. The summed E-state index contributed by atoms with van der Waals surface area (Å²) in [5.74, 6) is 0. The van der Waals surface area contributed by atoms with Crippen molar-refractivity contribution < 1.29 is 29.1 Å². The molecule has 0 amide bonds. The summed E-state index contributed by atoms with van der Waals surface area (Å²) in [4.78, 5) is 0. The largest absolute Gasteiger partial charge is 1.00 e. The zero-order chi connectivity index (χ0) is 4.28. The van der Waals surface area contributed by atoms with E-state index in [1.54, 1.807) is 0 Å². The fraction of sp³-hybridized carbons (Fsp3) is 1.00. The number of aliphatic hydroxyl groups is 1. The normalized spacial score (nSPS) is 12.5. The van der Waals surface area contributed by atoms with Crippen LogP contribution in [0.4, 0.5) is 0 Å². The fourth-order valence-corrected chi connectivity index (χ4v) is 0. The molecule has 0 aromatic carbocycles. The van der Waals surface area contributed by atoms with Crippen LogP contribution in [0.1, 0.15) is 6.92 Å². The van der Waals surface area contributed by atoms with Crippen molar-refractivity contribution in [3.8, 4) is 0 Å². The van der Waals surface area contributed by atoms with Crippen molar-refractivity contribution in [1.29, 1.82) is 0 Å². The Bertz CT molecular complexity index is 22.8. The van der Waals surface area contributed by atoms with Crippen molar-refractivity contribution in [3.63, 3.8) is 0 Å². The first-order valence-corrected chi connectivity index (χ1v) is 1.53. The number of rotatable bonds is 1. The van der Waals surface area contributed by atoms with E-state index < -0.39 is 6.10 Å². The summed E-state index contributed by atoms with van der Waals surface area (Å²) in [5.41, 5.74) is 0. The van der Waals surface area contributed by atoms with Crippen LogP contribution in [0.3, 0.4) is 0 Å². The van der Waals surface area contributed by atoms with Gasteiger partial charge in [-0.1, -0.05) is 0 Å². The first kappa shape index (κ1) is 9.72. The second-order valence-corrected chi connectivity index (χ2v) is 1.02. The summed E-state index contributed by atoms with van der Waals surface area (Å²) in [5, 5.41) is 17.4. The minimum atomic E-state index is -0.671. The van der Waals surface area contributed by atoms with E-state index in [1.165, 1.54) is 6.92 Å². The second kappa shape index (κ2) is 5.52. The fourth-order valence-electron chi connectivity index (χ4n) is 0. The standard InChI is InChI=1S/C3H7O2.Li/c1-3(5)2-4;/h3,5H,2H2,1H3;/q-1;+1. The van der Waals surface area contributed by atoms with E-state index in [2.05, 4.69) is 0 Å². The topological polar surface area (TPSA) is 43.3 Å². The molecule has 0 saturated carbocycles. The smallest absolute Gasteiger partial charge is 0.853 e. The molecule has 6 heavy (non-hydrogen) atoms. The molecule has 1 N–H and O–H groups in total. The van der Waals surface area contributed by atoms with Gasteiger partial charge in [-0.3, -0.25) is 0 Å². The van der Waals surface area contributed by atoms with E-state index in [-0.39, 0.29) is 25.5 Å². The van der Waals surface area contributed by atoms with Crippen LogP contribution >= 0.6 is 0 Å². The number of aliphatic hydroxyl groups excluding tert-OH is 1. The summed E-state index contributed by atoms with van der Waals surface area (Å²) >= 11 is 0. The van der Waals surface area contributed by atoms with Crippen molar-refractivity contribution in [2.24, 2.45) is 0 Å². The summed E-state index contributed by atoms with van der Waals surface area (Å²) in [6, 6.07) is 0. The quantitative estimate of drug-likeness (QED) is 0.325. The zero-order valence-electron chi connectivity index (χ0n) is 4.14. The molecule has 0 heterocycles. The molecule has 0 aromatic rings. The van der Waals surface area contributed by atoms with Crippen LogP contribution in [-0.2, 0) is 0 Å². The SMILES string of the molecule is CC(O)C[O-].[Li+]. The molecule has 0 aromatic heterocycles. The second-order valence-electron chi connectivity index (χ2n) is 1.02. The molecule has 0 aliphatic heterocycles. The van der Waals surface area contributed by atoms with E-state index in [9.17, 15) is 5.11 Å². The molecule has 0 aliphatic rings. The Morgan fingerprint density at radius 2 is 2.00 bits per heavy atom. The van der Waals surface area contributed by atoms with Gasteiger partial charge in [-0.15, -0.1) is 6.61 Å². The Hall–Kier alpha value is 0.517. The maximum Gasteiger partial charge on any atom is 1.00 e. The third-order valence-corrected chi connectivity index (χ3v) is 0.241. The van der Waals surface area contributed by atoms with Crippen LogP contribution in [0.5, 0.6) is 0 Å². The van der Waals surface area contributed by atoms with Gasteiger partial charge in [0.1, 0.15) is 0 Å². The van der Waals surface area contributed by atoms with Crippen molar-refractivity contribution in [1.82, 2.24) is 0 Å². The van der Waals surface area contributed by atoms with Crippen LogP contribution in [0.2, 0.25) is 0 Å². The molecular weight excluding hydrogens is 75.0 g/mol. The minimum absolute atomic E-state index is 0. The molecule has 0 radical (unpaired) electrons. The first-order valence-electron chi connectivity index (χ1n) is 1.53. The number of hydrogen-bond acceptors (Lipinski definition) is 2. The predicted molar refractivity (Wildman–Crippen MR) is 16.5 cm³/mol. The Morgan fingerprint density at radius 1 is 1.83 bits per heavy atom. The van der Waals surface area contributed by atoms with Crippen LogP contribution in [0, 0.1) is 0 Å². The van der Waals surface area contributed by atoms with Crippen molar-refractivity contribution in [2.75, 3.05) is 6.61 Å². The van der Waals surface area contributed by atoms with Gasteiger partial charge in [-0.05, 0) is 6.92 Å². The summed E-state index contributed by atoms with van der Waals surface area (Å²) in [6.07, 6.45) is -0.671. The molecule has 0 fully saturated rings. The summed E-state index contributed by atoms with van der Waals surface area (Å²) < 4.78 is 0. The van der Waals surface area contributed by atoms with Gasteiger partial charge in [-0.25, -0.2) is 0 Å². The zero-order valence-corrected chi connectivity index (χ0v) is 4.14. The van der Waals surface area contributed by atoms with Gasteiger partial charge >= 0.3 is 18.9 Å². The molecule has 32 valence electrons. The average molecular weight is 82.0 g/mol. The Balaban J connectivity index is 0. The molecule has 0 saturated heterocycles. The van der Waals surface area contributed by atoms with E-state index in [4.69, 9.17) is 5.11 Å². The van der Waals surface area contributed by atoms with E-state index in [0.717, 1.165) is 0 Å². The molecule has 1 unspecified atom stereocenters. The summed E-state index contributed by atoms with van der Waals surface area (Å²) in [6.45, 7) is 1.08. The Kier molecular flexibility index (Phi) is 8.94. The van der Waals surface area contributed by atoms with Gasteiger partial charge in [0, 0.05) is 6.10 Å². The van der Waals surface area contributed by atoms with Gasteiger partial charge in [0.25, 0.3) is 0 Å². The maximum absolute atomic E-state index is 9.38. The van der Waals surface area contributed by atoms with E-state index in [1.807, 2.05) is 0 Å². The molecule has 0 spiro atoms. The number of hydrogen-bond donors (Lipinski definition) is 1. The van der Waals surface area contributed by atoms with Crippen LogP contribution < -0.4 is 24.0 Å². The van der Waals surface area contributed by atoms with Crippen LogP contribution in [-0.4, -0.2) is 17.8 Å². The van der Waals surface area contributed by atoms with E-state index >= 15 is 0 Å².